The van der Waals surface area contributed by atoms with Crippen LogP contribution in [-0.4, -0.2) is 72.5 Å². The van der Waals surface area contributed by atoms with Crippen molar-refractivity contribution in [3.63, 3.8) is 0 Å². The van der Waals surface area contributed by atoms with E-state index in [4.69, 9.17) is 5.73 Å². The molecule has 0 unspecified atom stereocenters. The highest BCUT2D eigenvalue weighted by Crippen LogP contribution is 2.35. The van der Waals surface area contributed by atoms with E-state index in [1.807, 2.05) is 4.90 Å². The number of anilines is 3. The molecule has 214 valence electrons. The summed E-state index contributed by atoms with van der Waals surface area (Å²) in [4.78, 5) is 22.3. The second-order valence-corrected chi connectivity index (χ2v) is 9.93. The summed E-state index contributed by atoms with van der Waals surface area (Å²) in [5, 5.41) is 3.13. The molecule has 2 fully saturated rings. The number of halogens is 6. The Balaban J connectivity index is 1.14. The Morgan fingerprint density at radius 1 is 0.949 bits per heavy atom. The molecule has 0 radical (unpaired) electrons. The van der Waals surface area contributed by atoms with E-state index in [0.29, 0.717) is 63.2 Å². The number of piperazine rings is 1. The number of nitrogens with one attached hydrogen (secondary N) is 1. The first-order valence-electron chi connectivity index (χ1n) is 12.9. The Morgan fingerprint density at radius 3 is 2.23 bits per heavy atom. The lowest BCUT2D eigenvalue weighted by molar-refractivity contribution is -0.141. The molecule has 13 heteroatoms. The van der Waals surface area contributed by atoms with Gasteiger partial charge in [0.15, 0.2) is 0 Å². The standard InChI is InChI=1S/C26H32F6N6O/c27-25(28,29)21-16-19(3-5-22(21)33)35-18-7-10-38(11-8-18)24(39)2-1-9-36-12-14-37(15-13-36)20-4-6-23(34-17-20)26(30,31)32/h3-6,16-18,35H,1-2,7-15,33H2. The molecule has 7 nitrogen and oxygen atoms in total. The van der Waals surface area contributed by atoms with Crippen molar-refractivity contribution in [2.24, 2.45) is 0 Å². The fraction of sp³-hybridized carbons (Fsp3) is 0.538. The van der Waals surface area contributed by atoms with E-state index in [1.54, 1.807) is 4.90 Å². The normalized spacial score (nSPS) is 17.9. The smallest absolute Gasteiger partial charge is 0.398 e. The molecule has 0 bridgehead atoms. The fourth-order valence-corrected chi connectivity index (χ4v) is 4.98. The summed E-state index contributed by atoms with van der Waals surface area (Å²) in [6.07, 6.45) is -5.34. The highest BCUT2D eigenvalue weighted by Gasteiger charge is 2.34. The zero-order chi connectivity index (χ0) is 28.2. The summed E-state index contributed by atoms with van der Waals surface area (Å²) < 4.78 is 77.5. The summed E-state index contributed by atoms with van der Waals surface area (Å²) in [5.41, 5.74) is 4.40. The maximum atomic E-state index is 13.1. The van der Waals surface area contributed by atoms with Gasteiger partial charge in [-0.05, 0) is 56.1 Å². The zero-order valence-electron chi connectivity index (χ0n) is 21.4. The van der Waals surface area contributed by atoms with Crippen LogP contribution in [0.4, 0.5) is 43.4 Å². The molecule has 39 heavy (non-hydrogen) atoms. The predicted octanol–water partition coefficient (Wildman–Crippen LogP) is 4.71. The molecule has 1 amide bonds. The van der Waals surface area contributed by atoms with E-state index in [-0.39, 0.29) is 17.6 Å². The lowest BCUT2D eigenvalue weighted by Crippen LogP contribution is -2.47. The van der Waals surface area contributed by atoms with Gasteiger partial charge in [-0.3, -0.25) is 9.69 Å². The molecular weight excluding hydrogens is 526 g/mol. The van der Waals surface area contributed by atoms with Crippen LogP contribution in [0.15, 0.2) is 36.5 Å². The van der Waals surface area contributed by atoms with Gasteiger partial charge in [-0.25, -0.2) is 4.98 Å². The van der Waals surface area contributed by atoms with Gasteiger partial charge in [-0.15, -0.1) is 0 Å². The number of nitrogens with zero attached hydrogens (tertiary/aromatic N) is 4. The third-order valence-electron chi connectivity index (χ3n) is 7.22. The average molecular weight is 559 g/mol. The predicted molar refractivity (Wildman–Crippen MR) is 136 cm³/mol. The van der Waals surface area contributed by atoms with Crippen molar-refractivity contribution in [3.8, 4) is 0 Å². The van der Waals surface area contributed by atoms with Crippen LogP contribution in [0.2, 0.25) is 0 Å². The Kier molecular flexibility index (Phi) is 8.77. The second kappa shape index (κ2) is 11.9. The minimum atomic E-state index is -4.52. The molecule has 2 aromatic rings. The highest BCUT2D eigenvalue weighted by atomic mass is 19.4. The van der Waals surface area contributed by atoms with Gasteiger partial charge in [0.25, 0.3) is 0 Å². The minimum Gasteiger partial charge on any atom is -0.398 e. The molecule has 4 rings (SSSR count). The monoisotopic (exact) mass is 558 g/mol. The third kappa shape index (κ3) is 7.68. The maximum Gasteiger partial charge on any atom is 0.433 e. The summed E-state index contributed by atoms with van der Waals surface area (Å²) in [6, 6.07) is 6.20. The van der Waals surface area contributed by atoms with Gasteiger partial charge in [-0.1, -0.05) is 0 Å². The van der Waals surface area contributed by atoms with Gasteiger partial charge in [0.05, 0.1) is 17.4 Å². The van der Waals surface area contributed by atoms with E-state index in [1.165, 1.54) is 24.4 Å². The van der Waals surface area contributed by atoms with Crippen LogP contribution in [0.25, 0.3) is 0 Å². The number of carbonyl (C=O) groups is 1. The van der Waals surface area contributed by atoms with E-state index in [2.05, 4.69) is 15.2 Å². The van der Waals surface area contributed by atoms with Crippen LogP contribution < -0.4 is 16.0 Å². The second-order valence-electron chi connectivity index (χ2n) is 9.93. The number of rotatable bonds is 7. The van der Waals surface area contributed by atoms with Crippen molar-refractivity contribution in [2.75, 3.05) is 61.8 Å². The summed E-state index contributed by atoms with van der Waals surface area (Å²) >= 11 is 0. The number of alkyl halides is 6. The van der Waals surface area contributed by atoms with Crippen LogP contribution in [0, 0.1) is 0 Å². The van der Waals surface area contributed by atoms with Crippen molar-refractivity contribution in [1.29, 1.82) is 0 Å². The van der Waals surface area contributed by atoms with E-state index >= 15 is 0 Å². The van der Waals surface area contributed by atoms with Crippen LogP contribution >= 0.6 is 0 Å². The molecule has 2 aliphatic heterocycles. The number of carbonyl (C=O) groups excluding carboxylic acids is 1. The van der Waals surface area contributed by atoms with E-state index in [0.717, 1.165) is 31.8 Å². The maximum absolute atomic E-state index is 13.1. The number of hydrogen-bond donors (Lipinski definition) is 2. The van der Waals surface area contributed by atoms with Gasteiger partial charge in [0.2, 0.25) is 5.91 Å². The number of pyridine rings is 1. The largest absolute Gasteiger partial charge is 0.433 e. The van der Waals surface area contributed by atoms with E-state index in [9.17, 15) is 31.1 Å². The first kappa shape index (κ1) is 28.8. The summed E-state index contributed by atoms with van der Waals surface area (Å²) in [6.45, 7) is 4.65. The highest BCUT2D eigenvalue weighted by molar-refractivity contribution is 5.76. The molecule has 0 aliphatic carbocycles. The first-order chi connectivity index (χ1) is 18.4. The topological polar surface area (TPSA) is 77.7 Å². The van der Waals surface area contributed by atoms with Gasteiger partial charge in [0.1, 0.15) is 5.69 Å². The summed E-state index contributed by atoms with van der Waals surface area (Å²) in [5.74, 6) is 0.0646. The van der Waals surface area contributed by atoms with Gasteiger partial charge >= 0.3 is 12.4 Å². The van der Waals surface area contributed by atoms with Crippen LogP contribution in [0.1, 0.15) is 36.9 Å². The molecular formula is C26H32F6N6O. The zero-order valence-corrected chi connectivity index (χ0v) is 21.4. The molecule has 0 atom stereocenters. The molecule has 2 aliphatic rings. The van der Waals surface area contributed by atoms with Crippen LogP contribution in [0.5, 0.6) is 0 Å². The number of nitrogens with two attached hydrogens (primary N) is 1. The van der Waals surface area contributed by atoms with Crippen molar-refractivity contribution >= 4 is 23.0 Å². The third-order valence-corrected chi connectivity index (χ3v) is 7.22. The lowest BCUT2D eigenvalue weighted by atomic mass is 10.0. The lowest BCUT2D eigenvalue weighted by Gasteiger charge is -2.36. The number of amides is 1. The quantitative estimate of drug-likeness (QED) is 0.379. The molecule has 0 spiro atoms. The van der Waals surface area contributed by atoms with Crippen molar-refractivity contribution in [2.45, 2.75) is 44.1 Å². The van der Waals surface area contributed by atoms with E-state index < -0.39 is 23.6 Å². The average Bonchev–Trinajstić information content (AvgIpc) is 2.89. The fourth-order valence-electron chi connectivity index (χ4n) is 4.98. The molecule has 0 saturated carbocycles. The van der Waals surface area contributed by atoms with Crippen molar-refractivity contribution in [1.82, 2.24) is 14.8 Å². The number of likely N-dealkylation sites (tertiary alicyclic amines) is 1. The van der Waals surface area contributed by atoms with Gasteiger partial charge in [0, 0.05) is 63.1 Å². The van der Waals surface area contributed by atoms with Crippen LogP contribution in [-0.2, 0) is 17.1 Å². The number of piperidine rings is 1. The Morgan fingerprint density at radius 2 is 1.64 bits per heavy atom. The molecule has 2 saturated heterocycles. The number of benzene rings is 1. The summed E-state index contributed by atoms with van der Waals surface area (Å²) in [7, 11) is 0. The number of aromatic nitrogens is 1. The number of hydrogen-bond acceptors (Lipinski definition) is 6. The molecule has 1 aromatic carbocycles. The van der Waals surface area contributed by atoms with Gasteiger partial charge in [-0.2, -0.15) is 26.3 Å². The van der Waals surface area contributed by atoms with Crippen LogP contribution in [0.3, 0.4) is 0 Å². The van der Waals surface area contributed by atoms with Crippen molar-refractivity contribution < 1.29 is 31.1 Å². The number of nitrogen functional groups attached to an aromatic ring is 1. The Labute approximate surface area is 222 Å². The van der Waals surface area contributed by atoms with Gasteiger partial charge < -0.3 is 20.9 Å². The molecule has 3 heterocycles. The van der Waals surface area contributed by atoms with Crippen molar-refractivity contribution in [3.05, 3.63) is 47.8 Å². The minimum absolute atomic E-state index is 0.0325. The molecule has 1 aromatic heterocycles. The first-order valence-corrected chi connectivity index (χ1v) is 12.9. The molecule has 3 N–H and O–H groups in total. The Hall–Kier alpha value is -3.22. The SMILES string of the molecule is Nc1ccc(NC2CCN(C(=O)CCCN3CCN(c4ccc(C(F)(F)F)nc4)CC3)CC2)cc1C(F)(F)F. The Bertz CT molecular complexity index is 1110.